The van der Waals surface area contributed by atoms with Gasteiger partial charge >= 0.3 is 0 Å². The monoisotopic (exact) mass is 149 g/mol. The molecule has 0 N–H and O–H groups in total. The molecular formula is C10H15N. The van der Waals surface area contributed by atoms with Crippen molar-refractivity contribution in [2.24, 2.45) is 0 Å². The first kappa shape index (κ1) is 8.12. The topological polar surface area (TPSA) is 3.24 Å². The van der Waals surface area contributed by atoms with Gasteiger partial charge in [0.05, 0.1) is 0 Å². The van der Waals surface area contributed by atoms with E-state index >= 15 is 0 Å². The van der Waals surface area contributed by atoms with Gasteiger partial charge in [-0.2, -0.15) is 0 Å². The lowest BCUT2D eigenvalue weighted by molar-refractivity contribution is 0.967. The summed E-state index contributed by atoms with van der Waals surface area (Å²) in [4.78, 5) is 2.23. The normalized spacial score (nSPS) is 9.73. The summed E-state index contributed by atoms with van der Waals surface area (Å²) in [5, 5.41) is 0. The second-order valence-electron chi connectivity index (χ2n) is 2.85. The third-order valence-corrected chi connectivity index (χ3v) is 1.92. The highest BCUT2D eigenvalue weighted by Gasteiger charge is 1.95. The Hall–Kier alpha value is -0.980. The zero-order chi connectivity index (χ0) is 8.27. The molecule has 1 aromatic carbocycles. The van der Waals surface area contributed by atoms with Gasteiger partial charge in [0.25, 0.3) is 0 Å². The maximum absolute atomic E-state index is 2.23. The molecule has 0 aliphatic rings. The highest BCUT2D eigenvalue weighted by molar-refractivity contribution is 5.47. The van der Waals surface area contributed by atoms with Crippen molar-refractivity contribution < 1.29 is 0 Å². The van der Waals surface area contributed by atoms with Crippen molar-refractivity contribution in [3.05, 3.63) is 29.8 Å². The third-order valence-electron chi connectivity index (χ3n) is 1.92. The minimum absolute atomic E-state index is 1.06. The van der Waals surface area contributed by atoms with Gasteiger partial charge in [-0.15, -0.1) is 0 Å². The number of aryl methyl sites for hydroxylation is 1. The Morgan fingerprint density at radius 3 is 2.64 bits per heavy atom. The summed E-state index contributed by atoms with van der Waals surface area (Å²) >= 11 is 0. The number of hydrogen-bond donors (Lipinski definition) is 0. The molecule has 0 saturated carbocycles. The van der Waals surface area contributed by atoms with Crippen LogP contribution in [0, 0.1) is 6.92 Å². The maximum Gasteiger partial charge on any atom is 0.0366 e. The Balaban J connectivity index is 2.86. The number of benzene rings is 1. The van der Waals surface area contributed by atoms with Gasteiger partial charge in [0.1, 0.15) is 0 Å². The van der Waals surface area contributed by atoms with Crippen molar-refractivity contribution in [3.63, 3.8) is 0 Å². The van der Waals surface area contributed by atoms with Crippen LogP contribution in [-0.2, 0) is 0 Å². The molecule has 0 amide bonds. The van der Waals surface area contributed by atoms with Crippen LogP contribution >= 0.6 is 0 Å². The van der Waals surface area contributed by atoms with Crippen molar-refractivity contribution in [1.82, 2.24) is 0 Å². The fraction of sp³-hybridized carbons (Fsp3) is 0.400. The number of rotatable bonds is 2. The lowest BCUT2D eigenvalue weighted by atomic mass is 10.2. The van der Waals surface area contributed by atoms with Crippen molar-refractivity contribution in [1.29, 1.82) is 0 Å². The van der Waals surface area contributed by atoms with Crippen LogP contribution in [0.2, 0.25) is 0 Å². The molecule has 1 rings (SSSR count). The number of hydrogen-bond acceptors (Lipinski definition) is 1. The van der Waals surface area contributed by atoms with Crippen molar-refractivity contribution in [2.75, 3.05) is 18.5 Å². The number of anilines is 1. The van der Waals surface area contributed by atoms with Crippen LogP contribution < -0.4 is 4.90 Å². The lowest BCUT2D eigenvalue weighted by Gasteiger charge is -2.16. The van der Waals surface area contributed by atoms with E-state index in [1.165, 1.54) is 11.3 Å². The average molecular weight is 149 g/mol. The van der Waals surface area contributed by atoms with Gasteiger partial charge in [-0.3, -0.25) is 0 Å². The summed E-state index contributed by atoms with van der Waals surface area (Å²) in [6.07, 6.45) is 0. The fourth-order valence-electron chi connectivity index (χ4n) is 1.05. The molecule has 0 aromatic heterocycles. The van der Waals surface area contributed by atoms with Gasteiger partial charge in [0.15, 0.2) is 0 Å². The van der Waals surface area contributed by atoms with Crippen LogP contribution in [0.1, 0.15) is 12.5 Å². The molecular weight excluding hydrogens is 134 g/mol. The van der Waals surface area contributed by atoms with E-state index in [1.54, 1.807) is 0 Å². The summed E-state index contributed by atoms with van der Waals surface area (Å²) in [6.45, 7) is 5.33. The largest absolute Gasteiger partial charge is 0.375 e. The second-order valence-corrected chi connectivity index (χ2v) is 2.85. The summed E-state index contributed by atoms with van der Waals surface area (Å²) in [5.74, 6) is 0. The Morgan fingerprint density at radius 2 is 2.09 bits per heavy atom. The molecule has 1 heteroatoms. The number of nitrogens with zero attached hydrogens (tertiary/aromatic N) is 1. The predicted molar refractivity (Wildman–Crippen MR) is 50.1 cm³/mol. The van der Waals surface area contributed by atoms with E-state index in [9.17, 15) is 0 Å². The van der Waals surface area contributed by atoms with E-state index in [4.69, 9.17) is 0 Å². The zero-order valence-electron chi connectivity index (χ0n) is 7.46. The molecule has 0 heterocycles. The van der Waals surface area contributed by atoms with Crippen molar-refractivity contribution >= 4 is 5.69 Å². The maximum atomic E-state index is 2.23. The summed E-state index contributed by atoms with van der Waals surface area (Å²) in [6, 6.07) is 8.55. The summed E-state index contributed by atoms with van der Waals surface area (Å²) in [5.41, 5.74) is 2.62. The van der Waals surface area contributed by atoms with Crippen molar-refractivity contribution in [3.8, 4) is 0 Å². The molecule has 0 spiro atoms. The van der Waals surface area contributed by atoms with Gasteiger partial charge in [-0.25, -0.2) is 0 Å². The van der Waals surface area contributed by atoms with Crippen LogP contribution in [0.15, 0.2) is 24.3 Å². The predicted octanol–water partition coefficient (Wildman–Crippen LogP) is 2.45. The summed E-state index contributed by atoms with van der Waals surface area (Å²) in [7, 11) is 2.11. The van der Waals surface area contributed by atoms with E-state index < -0.39 is 0 Å². The molecule has 0 atom stereocenters. The molecule has 1 nitrogen and oxygen atoms in total. The molecule has 1 aromatic rings. The van der Waals surface area contributed by atoms with Crippen LogP contribution in [0.5, 0.6) is 0 Å². The van der Waals surface area contributed by atoms with Gasteiger partial charge in [-0.05, 0) is 31.5 Å². The van der Waals surface area contributed by atoms with Crippen LogP contribution in [0.3, 0.4) is 0 Å². The van der Waals surface area contributed by atoms with E-state index in [-0.39, 0.29) is 0 Å². The van der Waals surface area contributed by atoms with E-state index in [1.807, 2.05) is 0 Å². The Kier molecular flexibility index (Phi) is 2.53. The van der Waals surface area contributed by atoms with E-state index in [0.717, 1.165) is 6.54 Å². The lowest BCUT2D eigenvalue weighted by Crippen LogP contribution is -2.15. The third kappa shape index (κ3) is 1.97. The molecule has 0 saturated heterocycles. The average Bonchev–Trinajstić information content (AvgIpc) is 2.03. The first-order valence-corrected chi connectivity index (χ1v) is 4.02. The summed E-state index contributed by atoms with van der Waals surface area (Å²) < 4.78 is 0. The van der Waals surface area contributed by atoms with Crippen LogP contribution in [0.4, 0.5) is 5.69 Å². The van der Waals surface area contributed by atoms with Crippen LogP contribution in [-0.4, -0.2) is 13.6 Å². The first-order chi connectivity index (χ1) is 5.24. The minimum Gasteiger partial charge on any atom is -0.375 e. The molecule has 0 fully saturated rings. The quantitative estimate of drug-likeness (QED) is 0.624. The smallest absolute Gasteiger partial charge is 0.0366 e. The highest BCUT2D eigenvalue weighted by atomic mass is 15.1. The SMILES string of the molecule is CCN(C)c1cccc(C)c1. The molecule has 0 aliphatic carbocycles. The van der Waals surface area contributed by atoms with Gasteiger partial charge in [0, 0.05) is 19.3 Å². The molecule has 0 bridgehead atoms. The molecule has 0 unspecified atom stereocenters. The first-order valence-electron chi connectivity index (χ1n) is 4.02. The second kappa shape index (κ2) is 3.42. The van der Waals surface area contributed by atoms with E-state index in [0.29, 0.717) is 0 Å². The van der Waals surface area contributed by atoms with Gasteiger partial charge in [0.2, 0.25) is 0 Å². The Labute approximate surface area is 68.7 Å². The zero-order valence-corrected chi connectivity index (χ0v) is 7.46. The fourth-order valence-corrected chi connectivity index (χ4v) is 1.05. The van der Waals surface area contributed by atoms with Gasteiger partial charge in [-0.1, -0.05) is 12.1 Å². The molecule has 0 aliphatic heterocycles. The standard InChI is InChI=1S/C10H15N/c1-4-11(3)10-7-5-6-9(2)8-10/h5-8H,4H2,1-3H3. The van der Waals surface area contributed by atoms with E-state index in [2.05, 4.69) is 50.1 Å². The Bertz CT molecular complexity index is 230. The van der Waals surface area contributed by atoms with Crippen LogP contribution in [0.25, 0.3) is 0 Å². The van der Waals surface area contributed by atoms with Gasteiger partial charge < -0.3 is 4.90 Å². The highest BCUT2D eigenvalue weighted by Crippen LogP contribution is 2.13. The minimum atomic E-state index is 1.06. The molecule has 0 radical (unpaired) electrons. The Morgan fingerprint density at radius 1 is 1.36 bits per heavy atom. The molecule has 11 heavy (non-hydrogen) atoms. The molecule has 60 valence electrons. The van der Waals surface area contributed by atoms with Crippen molar-refractivity contribution in [2.45, 2.75) is 13.8 Å².